The van der Waals surface area contributed by atoms with Crippen molar-refractivity contribution in [3.63, 3.8) is 0 Å². The predicted molar refractivity (Wildman–Crippen MR) is 60.8 cm³/mol. The van der Waals surface area contributed by atoms with Crippen molar-refractivity contribution in [1.29, 1.82) is 0 Å². The number of allylic oxidation sites excluding steroid dienone is 1. The van der Waals surface area contributed by atoms with E-state index in [4.69, 9.17) is 4.74 Å². The summed E-state index contributed by atoms with van der Waals surface area (Å²) in [6, 6.07) is 0. The lowest BCUT2D eigenvalue weighted by Gasteiger charge is -2.52. The van der Waals surface area contributed by atoms with Gasteiger partial charge in [0.1, 0.15) is 0 Å². The van der Waals surface area contributed by atoms with Gasteiger partial charge in [0.15, 0.2) is 0 Å². The molecule has 2 unspecified atom stereocenters. The van der Waals surface area contributed by atoms with Gasteiger partial charge < -0.3 is 9.64 Å². The van der Waals surface area contributed by atoms with Crippen LogP contribution in [0.2, 0.25) is 0 Å². The molecule has 0 spiro atoms. The van der Waals surface area contributed by atoms with Gasteiger partial charge in [0.05, 0.1) is 7.11 Å². The van der Waals surface area contributed by atoms with Gasteiger partial charge in [-0.2, -0.15) is 0 Å². The van der Waals surface area contributed by atoms with E-state index in [-0.39, 0.29) is 5.97 Å². The molecule has 0 amide bonds. The lowest BCUT2D eigenvalue weighted by Crippen LogP contribution is -2.52. The molecule has 1 saturated carbocycles. The van der Waals surface area contributed by atoms with Crippen LogP contribution in [0, 0.1) is 23.7 Å². The van der Waals surface area contributed by atoms with E-state index in [1.807, 2.05) is 0 Å². The summed E-state index contributed by atoms with van der Waals surface area (Å²) in [4.78, 5) is 14.2. The maximum atomic E-state index is 11.8. The van der Waals surface area contributed by atoms with Crippen LogP contribution in [-0.4, -0.2) is 38.1 Å². The molecule has 1 saturated heterocycles. The molecule has 3 nitrogen and oxygen atoms in total. The van der Waals surface area contributed by atoms with E-state index in [1.165, 1.54) is 20.0 Å². The van der Waals surface area contributed by atoms with E-state index < -0.39 is 0 Å². The first kappa shape index (κ1) is 10.3. The number of piperidine rings is 1. The Morgan fingerprint density at radius 1 is 1.38 bits per heavy atom. The average Bonchev–Trinajstić information content (AvgIpc) is 2.26. The second kappa shape index (κ2) is 3.59. The second-order valence-electron chi connectivity index (χ2n) is 5.61. The molecule has 2 atom stereocenters. The van der Waals surface area contributed by atoms with Crippen molar-refractivity contribution < 1.29 is 9.53 Å². The third kappa shape index (κ3) is 1.41. The largest absolute Gasteiger partial charge is 0.466 e. The van der Waals surface area contributed by atoms with Crippen LogP contribution in [0.15, 0.2) is 11.6 Å². The highest BCUT2D eigenvalue weighted by atomic mass is 16.5. The van der Waals surface area contributed by atoms with Gasteiger partial charge in [-0.25, -0.2) is 4.79 Å². The Labute approximate surface area is 96.4 Å². The Bertz CT molecular complexity index is 334. The van der Waals surface area contributed by atoms with Crippen molar-refractivity contribution in [3.8, 4) is 0 Å². The van der Waals surface area contributed by atoms with E-state index in [9.17, 15) is 4.79 Å². The number of methoxy groups -OCH3 is 1. The van der Waals surface area contributed by atoms with Crippen LogP contribution in [0.4, 0.5) is 0 Å². The summed E-state index contributed by atoms with van der Waals surface area (Å²) in [6.45, 7) is 2.29. The summed E-state index contributed by atoms with van der Waals surface area (Å²) >= 11 is 0. The first-order chi connectivity index (χ1) is 7.69. The molecular formula is C13H19NO2. The normalized spacial score (nSPS) is 41.8. The minimum atomic E-state index is -0.0889. The number of esters is 1. The third-order valence-corrected chi connectivity index (χ3v) is 4.51. The fraction of sp³-hybridized carbons (Fsp3) is 0.769. The Morgan fingerprint density at radius 2 is 2.00 bits per heavy atom. The number of hydrogen-bond acceptors (Lipinski definition) is 3. The summed E-state index contributed by atoms with van der Waals surface area (Å²) in [5.41, 5.74) is 0.980. The third-order valence-electron chi connectivity index (χ3n) is 4.51. The number of carbonyl (C=O) groups is 1. The monoisotopic (exact) mass is 221 g/mol. The second-order valence-corrected chi connectivity index (χ2v) is 5.61. The maximum absolute atomic E-state index is 11.8. The quantitative estimate of drug-likeness (QED) is 0.625. The molecule has 4 bridgehead atoms. The molecule has 4 rings (SSSR count). The standard InChI is InChI=1S/C13H19NO2/c1-14-6-9-3-8-4-10(7-14)12(9)11(5-8)13(15)16-2/h5,8-10,12H,3-4,6-7H2,1-2H3. The number of nitrogens with zero attached hydrogens (tertiary/aromatic N) is 1. The highest BCUT2D eigenvalue weighted by molar-refractivity contribution is 5.89. The van der Waals surface area contributed by atoms with Crippen molar-refractivity contribution >= 4 is 5.97 Å². The average molecular weight is 221 g/mol. The van der Waals surface area contributed by atoms with Crippen LogP contribution >= 0.6 is 0 Å². The molecular weight excluding hydrogens is 202 g/mol. The van der Waals surface area contributed by atoms with Crippen LogP contribution in [0.1, 0.15) is 12.8 Å². The van der Waals surface area contributed by atoms with Gasteiger partial charge in [-0.3, -0.25) is 0 Å². The molecule has 0 aromatic carbocycles. The van der Waals surface area contributed by atoms with Crippen molar-refractivity contribution in [3.05, 3.63) is 11.6 Å². The summed E-state index contributed by atoms with van der Waals surface area (Å²) in [5, 5.41) is 0. The first-order valence-corrected chi connectivity index (χ1v) is 6.17. The van der Waals surface area contributed by atoms with Crippen LogP contribution < -0.4 is 0 Å². The van der Waals surface area contributed by atoms with Gasteiger partial charge in [-0.05, 0) is 43.6 Å². The zero-order valence-corrected chi connectivity index (χ0v) is 9.98. The fourth-order valence-corrected chi connectivity index (χ4v) is 4.13. The zero-order valence-electron chi connectivity index (χ0n) is 9.98. The Balaban J connectivity index is 1.92. The van der Waals surface area contributed by atoms with Gasteiger partial charge in [0.25, 0.3) is 0 Å². The molecule has 3 heteroatoms. The number of ether oxygens (including phenoxy) is 1. The number of likely N-dealkylation sites (tertiary alicyclic amines) is 1. The van der Waals surface area contributed by atoms with E-state index in [0.29, 0.717) is 23.7 Å². The van der Waals surface area contributed by atoms with Crippen molar-refractivity contribution in [2.75, 3.05) is 27.2 Å². The minimum Gasteiger partial charge on any atom is -0.466 e. The fourth-order valence-electron chi connectivity index (χ4n) is 4.13. The highest BCUT2D eigenvalue weighted by Gasteiger charge is 2.48. The summed E-state index contributed by atoms with van der Waals surface area (Å²) in [6.07, 6.45) is 4.73. The van der Waals surface area contributed by atoms with Crippen LogP contribution in [0.3, 0.4) is 0 Å². The molecule has 0 N–H and O–H groups in total. The van der Waals surface area contributed by atoms with Gasteiger partial charge in [0.2, 0.25) is 0 Å². The molecule has 1 heterocycles. The van der Waals surface area contributed by atoms with Crippen molar-refractivity contribution in [2.45, 2.75) is 12.8 Å². The van der Waals surface area contributed by atoms with Crippen LogP contribution in [0.25, 0.3) is 0 Å². The van der Waals surface area contributed by atoms with Crippen molar-refractivity contribution in [2.24, 2.45) is 23.7 Å². The van der Waals surface area contributed by atoms with E-state index in [0.717, 1.165) is 18.7 Å². The molecule has 0 aromatic rings. The SMILES string of the molecule is COC(=O)C1=CC2CC3CN(C)CC(C2)C13. The van der Waals surface area contributed by atoms with Gasteiger partial charge >= 0.3 is 5.97 Å². The molecule has 16 heavy (non-hydrogen) atoms. The number of carbonyl (C=O) groups excluding carboxylic acids is 1. The van der Waals surface area contributed by atoms with Crippen molar-refractivity contribution in [1.82, 2.24) is 4.90 Å². The molecule has 0 radical (unpaired) electrons. The van der Waals surface area contributed by atoms with Gasteiger partial charge in [-0.15, -0.1) is 0 Å². The smallest absolute Gasteiger partial charge is 0.333 e. The molecule has 88 valence electrons. The first-order valence-electron chi connectivity index (χ1n) is 6.17. The Kier molecular flexibility index (Phi) is 2.32. The molecule has 0 aromatic heterocycles. The molecule has 3 aliphatic carbocycles. The Hall–Kier alpha value is -0.830. The molecule has 2 fully saturated rings. The van der Waals surface area contributed by atoms with Crippen LogP contribution in [0.5, 0.6) is 0 Å². The van der Waals surface area contributed by atoms with Gasteiger partial charge in [-0.1, -0.05) is 6.08 Å². The lowest BCUT2D eigenvalue weighted by molar-refractivity contribution is -0.138. The highest BCUT2D eigenvalue weighted by Crippen LogP contribution is 2.50. The summed E-state index contributed by atoms with van der Waals surface area (Å²) in [7, 11) is 3.69. The zero-order chi connectivity index (χ0) is 11.3. The summed E-state index contributed by atoms with van der Waals surface area (Å²) in [5.74, 6) is 2.38. The maximum Gasteiger partial charge on any atom is 0.333 e. The topological polar surface area (TPSA) is 29.5 Å². The molecule has 4 aliphatic rings. The number of hydrogen-bond donors (Lipinski definition) is 0. The minimum absolute atomic E-state index is 0.0889. The van der Waals surface area contributed by atoms with Gasteiger partial charge in [0, 0.05) is 18.7 Å². The van der Waals surface area contributed by atoms with E-state index in [2.05, 4.69) is 18.0 Å². The number of rotatable bonds is 1. The van der Waals surface area contributed by atoms with E-state index >= 15 is 0 Å². The van der Waals surface area contributed by atoms with Crippen LogP contribution in [-0.2, 0) is 9.53 Å². The molecule has 1 aliphatic heterocycles. The Morgan fingerprint density at radius 3 is 2.56 bits per heavy atom. The predicted octanol–water partition coefficient (Wildman–Crippen LogP) is 1.30. The lowest BCUT2D eigenvalue weighted by atomic mass is 9.58. The van der Waals surface area contributed by atoms with E-state index in [1.54, 1.807) is 0 Å². The summed E-state index contributed by atoms with van der Waals surface area (Å²) < 4.78 is 4.91.